The van der Waals surface area contributed by atoms with Crippen molar-refractivity contribution in [3.8, 4) is 17.2 Å². The molecule has 0 atom stereocenters. The summed E-state index contributed by atoms with van der Waals surface area (Å²) >= 11 is 0. The molecule has 0 amide bonds. The summed E-state index contributed by atoms with van der Waals surface area (Å²) in [6, 6.07) is 10.6. The van der Waals surface area contributed by atoms with Crippen molar-refractivity contribution in [2.24, 2.45) is 4.99 Å². The van der Waals surface area contributed by atoms with Crippen LogP contribution in [0.2, 0.25) is 0 Å². The molecule has 7 heteroatoms. The van der Waals surface area contributed by atoms with E-state index in [1.54, 1.807) is 26.4 Å². The molecule has 0 aliphatic rings. The van der Waals surface area contributed by atoms with Crippen molar-refractivity contribution in [3.63, 3.8) is 0 Å². The Balaban J connectivity index is 2.08. The van der Waals surface area contributed by atoms with Crippen LogP contribution in [0, 0.1) is 5.82 Å². The summed E-state index contributed by atoms with van der Waals surface area (Å²) in [5.41, 5.74) is 1.60. The number of aliphatic imine (C=N–C) groups is 1. The average molecular weight is 403 g/mol. The first kappa shape index (κ1) is 22.3. The van der Waals surface area contributed by atoms with Gasteiger partial charge in [-0.1, -0.05) is 18.2 Å². The molecule has 6 nitrogen and oxygen atoms in total. The number of guanidine groups is 1. The van der Waals surface area contributed by atoms with Crippen molar-refractivity contribution in [1.29, 1.82) is 0 Å². The van der Waals surface area contributed by atoms with Gasteiger partial charge in [-0.25, -0.2) is 9.38 Å². The van der Waals surface area contributed by atoms with Crippen LogP contribution in [-0.4, -0.2) is 39.9 Å². The van der Waals surface area contributed by atoms with Gasteiger partial charge in [0.1, 0.15) is 5.82 Å². The maximum Gasteiger partial charge on any atom is 0.203 e. The van der Waals surface area contributed by atoms with Crippen LogP contribution in [0.4, 0.5) is 4.39 Å². The van der Waals surface area contributed by atoms with E-state index in [4.69, 9.17) is 14.2 Å². The lowest BCUT2D eigenvalue weighted by Crippen LogP contribution is -2.38. The van der Waals surface area contributed by atoms with Crippen LogP contribution in [0.25, 0.3) is 0 Å². The van der Waals surface area contributed by atoms with Gasteiger partial charge in [-0.3, -0.25) is 0 Å². The third-order valence-corrected chi connectivity index (χ3v) is 4.22. The van der Waals surface area contributed by atoms with Crippen LogP contribution in [0.15, 0.2) is 41.4 Å². The Morgan fingerprint density at radius 2 is 1.72 bits per heavy atom. The fourth-order valence-electron chi connectivity index (χ4n) is 2.84. The molecule has 0 aliphatic heterocycles. The molecule has 2 rings (SSSR count). The predicted octanol–water partition coefficient (Wildman–Crippen LogP) is 3.54. The zero-order chi connectivity index (χ0) is 21.1. The van der Waals surface area contributed by atoms with Crippen LogP contribution in [0.3, 0.4) is 0 Å². The van der Waals surface area contributed by atoms with Crippen LogP contribution >= 0.6 is 0 Å². The number of benzene rings is 2. The molecule has 2 aromatic carbocycles. The third-order valence-electron chi connectivity index (χ3n) is 4.22. The Morgan fingerprint density at radius 3 is 2.31 bits per heavy atom. The van der Waals surface area contributed by atoms with E-state index in [2.05, 4.69) is 15.6 Å². The van der Waals surface area contributed by atoms with Gasteiger partial charge in [0.05, 0.1) is 27.4 Å². The van der Waals surface area contributed by atoms with Gasteiger partial charge in [0, 0.05) is 13.1 Å². The first-order valence-corrected chi connectivity index (χ1v) is 9.76. The lowest BCUT2D eigenvalue weighted by molar-refractivity contribution is 0.288. The van der Waals surface area contributed by atoms with Crippen molar-refractivity contribution in [1.82, 2.24) is 10.6 Å². The van der Waals surface area contributed by atoms with Crippen molar-refractivity contribution >= 4 is 5.96 Å². The van der Waals surface area contributed by atoms with E-state index in [1.807, 2.05) is 32.0 Å². The summed E-state index contributed by atoms with van der Waals surface area (Å²) in [6.45, 7) is 6.14. The average Bonchev–Trinajstić information content (AvgIpc) is 2.74. The summed E-state index contributed by atoms with van der Waals surface area (Å²) in [5, 5.41) is 6.44. The van der Waals surface area contributed by atoms with E-state index in [0.29, 0.717) is 54.9 Å². The van der Waals surface area contributed by atoms with Gasteiger partial charge < -0.3 is 24.8 Å². The fraction of sp³-hybridized carbons (Fsp3) is 0.409. The highest BCUT2D eigenvalue weighted by molar-refractivity contribution is 5.79. The Bertz CT molecular complexity index is 787. The second kappa shape index (κ2) is 11.8. The second-order valence-electron chi connectivity index (χ2n) is 6.23. The standard InChI is InChI=1S/C22H30FN3O3/c1-5-24-22(25-12-11-17-9-7-8-10-18(17)23)26-15-16-13-19(27-3)21(29-6-2)20(14-16)28-4/h7-10,13-14H,5-6,11-12,15H2,1-4H3,(H2,24,25,26). The Labute approximate surface area is 172 Å². The first-order valence-electron chi connectivity index (χ1n) is 9.76. The zero-order valence-corrected chi connectivity index (χ0v) is 17.5. The van der Waals surface area contributed by atoms with E-state index in [-0.39, 0.29) is 5.82 Å². The van der Waals surface area contributed by atoms with Crippen molar-refractivity contribution < 1.29 is 18.6 Å². The zero-order valence-electron chi connectivity index (χ0n) is 17.5. The summed E-state index contributed by atoms with van der Waals surface area (Å²) < 4.78 is 30.3. The van der Waals surface area contributed by atoms with Crippen LogP contribution in [0.1, 0.15) is 25.0 Å². The summed E-state index contributed by atoms with van der Waals surface area (Å²) in [6.07, 6.45) is 0.571. The van der Waals surface area contributed by atoms with E-state index in [1.165, 1.54) is 6.07 Å². The number of halogens is 1. The molecule has 0 unspecified atom stereocenters. The third kappa shape index (κ3) is 6.55. The molecule has 0 aromatic heterocycles. The fourth-order valence-corrected chi connectivity index (χ4v) is 2.84. The smallest absolute Gasteiger partial charge is 0.203 e. The number of methoxy groups -OCH3 is 2. The molecule has 29 heavy (non-hydrogen) atoms. The van der Waals surface area contributed by atoms with Crippen molar-refractivity contribution in [2.75, 3.05) is 33.9 Å². The molecule has 0 bridgehead atoms. The molecular weight excluding hydrogens is 373 g/mol. The molecule has 0 heterocycles. The van der Waals surface area contributed by atoms with Crippen molar-refractivity contribution in [3.05, 3.63) is 53.3 Å². The highest BCUT2D eigenvalue weighted by Gasteiger charge is 2.14. The van der Waals surface area contributed by atoms with Crippen LogP contribution in [0.5, 0.6) is 17.2 Å². The van der Waals surface area contributed by atoms with Gasteiger partial charge in [0.25, 0.3) is 0 Å². The Morgan fingerprint density at radius 1 is 1.03 bits per heavy atom. The lowest BCUT2D eigenvalue weighted by Gasteiger charge is -2.15. The molecule has 0 fully saturated rings. The van der Waals surface area contributed by atoms with Gasteiger partial charge in [-0.15, -0.1) is 0 Å². The van der Waals surface area contributed by atoms with Crippen LogP contribution < -0.4 is 24.8 Å². The van der Waals surface area contributed by atoms with E-state index >= 15 is 0 Å². The number of hydrogen-bond donors (Lipinski definition) is 2. The first-order chi connectivity index (χ1) is 14.1. The quantitative estimate of drug-likeness (QED) is 0.469. The maximum absolute atomic E-state index is 13.8. The van der Waals surface area contributed by atoms with Crippen molar-refractivity contribution in [2.45, 2.75) is 26.8 Å². The van der Waals surface area contributed by atoms with Gasteiger partial charge in [0.2, 0.25) is 5.75 Å². The Hall–Kier alpha value is -2.96. The molecule has 2 N–H and O–H groups in total. The largest absolute Gasteiger partial charge is 0.493 e. The molecule has 0 saturated carbocycles. The number of nitrogens with zero attached hydrogens (tertiary/aromatic N) is 1. The van der Waals surface area contributed by atoms with Gasteiger partial charge in [-0.05, 0) is 49.6 Å². The van der Waals surface area contributed by atoms with Gasteiger partial charge in [0.15, 0.2) is 17.5 Å². The SMILES string of the molecule is CCNC(=NCc1cc(OC)c(OCC)c(OC)c1)NCCc1ccccc1F. The molecule has 0 radical (unpaired) electrons. The van der Waals surface area contributed by atoms with Gasteiger partial charge in [-0.2, -0.15) is 0 Å². The number of ether oxygens (including phenoxy) is 3. The molecule has 0 saturated heterocycles. The van der Waals surface area contributed by atoms with E-state index in [0.717, 1.165) is 12.1 Å². The monoisotopic (exact) mass is 403 g/mol. The number of rotatable bonds is 10. The predicted molar refractivity (Wildman–Crippen MR) is 114 cm³/mol. The van der Waals surface area contributed by atoms with E-state index < -0.39 is 0 Å². The second-order valence-corrected chi connectivity index (χ2v) is 6.23. The molecule has 0 aliphatic carbocycles. The minimum atomic E-state index is -0.190. The summed E-state index contributed by atoms with van der Waals surface area (Å²) in [5.74, 6) is 2.27. The normalized spacial score (nSPS) is 11.1. The summed E-state index contributed by atoms with van der Waals surface area (Å²) in [4.78, 5) is 4.61. The molecular formula is C22H30FN3O3. The number of hydrogen-bond acceptors (Lipinski definition) is 4. The maximum atomic E-state index is 13.8. The lowest BCUT2D eigenvalue weighted by atomic mass is 10.1. The minimum absolute atomic E-state index is 0.190. The minimum Gasteiger partial charge on any atom is -0.493 e. The van der Waals surface area contributed by atoms with Gasteiger partial charge >= 0.3 is 0 Å². The molecule has 0 spiro atoms. The molecule has 158 valence electrons. The highest BCUT2D eigenvalue weighted by Crippen LogP contribution is 2.38. The highest BCUT2D eigenvalue weighted by atomic mass is 19.1. The Kier molecular flexibility index (Phi) is 9.08. The topological polar surface area (TPSA) is 64.1 Å². The number of nitrogens with one attached hydrogen (secondary N) is 2. The van der Waals surface area contributed by atoms with E-state index in [9.17, 15) is 4.39 Å². The summed E-state index contributed by atoms with van der Waals surface area (Å²) in [7, 11) is 3.19. The molecule has 2 aromatic rings. The van der Waals surface area contributed by atoms with Crippen LogP contribution in [-0.2, 0) is 13.0 Å².